The van der Waals surface area contributed by atoms with Gasteiger partial charge < -0.3 is 15.5 Å². The summed E-state index contributed by atoms with van der Waals surface area (Å²) in [6, 6.07) is 7.19. The molecule has 2 rings (SSSR count). The fourth-order valence-corrected chi connectivity index (χ4v) is 3.11. The molecule has 0 heterocycles. The van der Waals surface area contributed by atoms with Crippen LogP contribution in [0.5, 0.6) is 0 Å². The smallest absolute Gasteiger partial charge is 0.303 e. The predicted octanol–water partition coefficient (Wildman–Crippen LogP) is 4.07. The number of aryl methyl sites for hydroxylation is 2. The average molecular weight is 409 g/mol. The minimum atomic E-state index is -1.33. The van der Waals surface area contributed by atoms with Crippen LogP contribution in [-0.4, -0.2) is 28.3 Å². The van der Waals surface area contributed by atoms with Crippen LogP contribution in [0.2, 0.25) is 0 Å². The normalized spacial score (nSPS) is 12.8. The Balaban J connectivity index is 2.07. The quantitative estimate of drug-likeness (QED) is 0.584. The van der Waals surface area contributed by atoms with Gasteiger partial charge in [0.15, 0.2) is 11.6 Å². The second-order valence-electron chi connectivity index (χ2n) is 7.92. The zero-order valence-corrected chi connectivity index (χ0v) is 16.7. The number of carbonyl (C=O) groups is 1. The van der Waals surface area contributed by atoms with Crippen molar-refractivity contribution in [3.63, 3.8) is 0 Å². The maximum Gasteiger partial charge on any atom is 0.303 e. The number of carboxylic acid groups (broad SMARTS) is 1. The van der Waals surface area contributed by atoms with E-state index >= 15 is 0 Å². The molecule has 0 aliphatic carbocycles. The van der Waals surface area contributed by atoms with E-state index in [1.165, 1.54) is 12.1 Å². The molecule has 2 aromatic carbocycles. The summed E-state index contributed by atoms with van der Waals surface area (Å²) in [6.45, 7) is 5.34. The van der Waals surface area contributed by atoms with Crippen molar-refractivity contribution in [1.82, 2.24) is 5.32 Å². The van der Waals surface area contributed by atoms with Gasteiger partial charge in [-0.15, -0.1) is 0 Å². The Morgan fingerprint density at radius 3 is 2.38 bits per heavy atom. The summed E-state index contributed by atoms with van der Waals surface area (Å²) in [7, 11) is 0. The lowest BCUT2D eigenvalue weighted by atomic mass is 9.93. The Labute approximate surface area is 168 Å². The molecule has 0 spiro atoms. The molecule has 0 saturated carbocycles. The second-order valence-corrected chi connectivity index (χ2v) is 7.92. The molecular formula is C22H26F3NO3. The molecule has 158 valence electrons. The molecule has 2 aromatic rings. The van der Waals surface area contributed by atoms with Gasteiger partial charge in [0, 0.05) is 24.1 Å². The van der Waals surface area contributed by atoms with Crippen molar-refractivity contribution < 1.29 is 28.2 Å². The molecule has 7 heteroatoms. The molecule has 0 radical (unpaired) electrons. The molecule has 29 heavy (non-hydrogen) atoms. The molecule has 4 nitrogen and oxygen atoms in total. The van der Waals surface area contributed by atoms with Crippen LogP contribution >= 0.6 is 0 Å². The van der Waals surface area contributed by atoms with Gasteiger partial charge >= 0.3 is 5.97 Å². The summed E-state index contributed by atoms with van der Waals surface area (Å²) < 4.78 is 41.8. The third kappa shape index (κ3) is 6.58. The van der Waals surface area contributed by atoms with E-state index in [4.69, 9.17) is 5.11 Å². The van der Waals surface area contributed by atoms with Crippen LogP contribution in [0.15, 0.2) is 30.3 Å². The molecule has 0 bridgehead atoms. The molecule has 0 saturated heterocycles. The lowest BCUT2D eigenvalue weighted by Gasteiger charge is -2.28. The first-order valence-electron chi connectivity index (χ1n) is 9.36. The number of β-amino-alcohol motifs (C(OH)–C–C–N with tert-alkyl or cyclic N) is 1. The highest BCUT2D eigenvalue weighted by atomic mass is 19.2. The van der Waals surface area contributed by atoms with E-state index in [9.17, 15) is 23.1 Å². The van der Waals surface area contributed by atoms with E-state index in [0.29, 0.717) is 17.5 Å². The van der Waals surface area contributed by atoms with Crippen LogP contribution in [0.25, 0.3) is 0 Å². The van der Waals surface area contributed by atoms with Crippen LogP contribution in [0.3, 0.4) is 0 Å². The minimum absolute atomic E-state index is 0.0319. The summed E-state index contributed by atoms with van der Waals surface area (Å²) in [5.41, 5.74) is 0.853. The number of carboxylic acids is 1. The Bertz CT molecular complexity index is 884. The monoisotopic (exact) mass is 409 g/mol. The van der Waals surface area contributed by atoms with Gasteiger partial charge in [0.2, 0.25) is 0 Å². The highest BCUT2D eigenvalue weighted by Crippen LogP contribution is 2.23. The second kappa shape index (κ2) is 9.41. The molecule has 0 fully saturated rings. The molecular weight excluding hydrogens is 383 g/mol. The van der Waals surface area contributed by atoms with Crippen LogP contribution in [0, 0.1) is 24.4 Å². The van der Waals surface area contributed by atoms with Crippen molar-refractivity contribution in [1.29, 1.82) is 0 Å². The highest BCUT2D eigenvalue weighted by Gasteiger charge is 2.23. The van der Waals surface area contributed by atoms with Crippen molar-refractivity contribution in [3.05, 3.63) is 70.0 Å². The largest absolute Gasteiger partial charge is 0.481 e. The van der Waals surface area contributed by atoms with Crippen LogP contribution in [-0.2, 0) is 17.6 Å². The van der Waals surface area contributed by atoms with Crippen LogP contribution in [0.1, 0.15) is 48.6 Å². The number of hydrogen-bond acceptors (Lipinski definition) is 3. The number of aliphatic hydroxyl groups excluding tert-OH is 1. The summed E-state index contributed by atoms with van der Waals surface area (Å²) in [5, 5.41) is 22.2. The summed E-state index contributed by atoms with van der Waals surface area (Å²) in [4.78, 5) is 10.7. The first-order chi connectivity index (χ1) is 13.5. The Morgan fingerprint density at radius 2 is 1.76 bits per heavy atom. The molecule has 0 amide bonds. The molecule has 0 unspecified atom stereocenters. The highest BCUT2D eigenvalue weighted by molar-refractivity contribution is 5.67. The SMILES string of the molecule is Cc1ccc(CC(C)(C)NC[C@@H](O)c2cc(CCC(=O)O)cc(F)c2F)cc1F. The third-order valence-electron chi connectivity index (χ3n) is 4.76. The van der Waals surface area contributed by atoms with Gasteiger partial charge in [0.1, 0.15) is 5.82 Å². The standard InChI is InChI=1S/C22H26F3NO3/c1-13-4-5-15(10-17(13)23)11-22(2,3)26-12-19(27)16-8-14(6-7-20(28)29)9-18(24)21(16)25/h4-5,8-10,19,26-27H,6-7,11-12H2,1-3H3,(H,28,29)/t19-/m1/s1. The number of halogens is 3. The van der Waals surface area contributed by atoms with Crippen molar-refractivity contribution in [2.45, 2.75) is 51.7 Å². The number of nitrogens with one attached hydrogen (secondary N) is 1. The molecule has 3 N–H and O–H groups in total. The van der Waals surface area contributed by atoms with E-state index in [0.717, 1.165) is 11.6 Å². The van der Waals surface area contributed by atoms with Crippen LogP contribution < -0.4 is 5.32 Å². The molecule has 0 aliphatic rings. The van der Waals surface area contributed by atoms with Crippen molar-refractivity contribution in [2.75, 3.05) is 6.54 Å². The summed E-state index contributed by atoms with van der Waals surface area (Å²) >= 11 is 0. The summed E-state index contributed by atoms with van der Waals surface area (Å²) in [6.07, 6.45) is -1.06. The first kappa shape index (κ1) is 22.9. The zero-order valence-electron chi connectivity index (χ0n) is 16.7. The van der Waals surface area contributed by atoms with E-state index in [-0.39, 0.29) is 30.8 Å². The van der Waals surface area contributed by atoms with Gasteiger partial charge in [0.25, 0.3) is 0 Å². The number of rotatable bonds is 9. The first-order valence-corrected chi connectivity index (χ1v) is 9.36. The van der Waals surface area contributed by atoms with Gasteiger partial charge in [-0.3, -0.25) is 4.79 Å². The van der Waals surface area contributed by atoms with Crippen molar-refractivity contribution in [2.24, 2.45) is 0 Å². The number of benzene rings is 2. The number of aliphatic carboxylic acids is 1. The Kier molecular flexibility index (Phi) is 7.43. The number of aliphatic hydroxyl groups is 1. The molecule has 0 aromatic heterocycles. The van der Waals surface area contributed by atoms with E-state index < -0.39 is 29.2 Å². The lowest BCUT2D eigenvalue weighted by molar-refractivity contribution is -0.136. The van der Waals surface area contributed by atoms with Gasteiger partial charge in [-0.25, -0.2) is 13.2 Å². The van der Waals surface area contributed by atoms with Gasteiger partial charge in [-0.05, 0) is 68.5 Å². The zero-order chi connectivity index (χ0) is 21.8. The fraction of sp³-hybridized carbons (Fsp3) is 0.409. The summed E-state index contributed by atoms with van der Waals surface area (Å²) in [5.74, 6) is -3.63. The van der Waals surface area contributed by atoms with Crippen LogP contribution in [0.4, 0.5) is 13.2 Å². The maximum atomic E-state index is 14.2. The lowest BCUT2D eigenvalue weighted by Crippen LogP contribution is -2.43. The van der Waals surface area contributed by atoms with E-state index in [1.807, 2.05) is 19.9 Å². The molecule has 1 atom stereocenters. The number of hydrogen-bond donors (Lipinski definition) is 3. The molecule has 0 aliphatic heterocycles. The maximum absolute atomic E-state index is 14.2. The van der Waals surface area contributed by atoms with Gasteiger partial charge in [0.05, 0.1) is 6.10 Å². The fourth-order valence-electron chi connectivity index (χ4n) is 3.11. The minimum Gasteiger partial charge on any atom is -0.481 e. The van der Waals surface area contributed by atoms with Crippen molar-refractivity contribution >= 4 is 5.97 Å². The van der Waals surface area contributed by atoms with E-state index in [1.54, 1.807) is 13.0 Å². The van der Waals surface area contributed by atoms with Gasteiger partial charge in [-0.1, -0.05) is 12.1 Å². The Hall–Kier alpha value is -2.38. The third-order valence-corrected chi connectivity index (χ3v) is 4.76. The topological polar surface area (TPSA) is 69.6 Å². The van der Waals surface area contributed by atoms with Crippen molar-refractivity contribution in [3.8, 4) is 0 Å². The average Bonchev–Trinajstić information content (AvgIpc) is 2.63. The van der Waals surface area contributed by atoms with Gasteiger partial charge in [-0.2, -0.15) is 0 Å². The van der Waals surface area contributed by atoms with E-state index in [2.05, 4.69) is 5.32 Å². The predicted molar refractivity (Wildman–Crippen MR) is 104 cm³/mol. The Morgan fingerprint density at radius 1 is 1.10 bits per heavy atom.